The molecule has 0 atom stereocenters. The van der Waals surface area contributed by atoms with Crippen LogP contribution in [0.5, 0.6) is 0 Å². The number of carbonyl (C=O) groups excluding carboxylic acids is 1. The first-order valence-corrected chi connectivity index (χ1v) is 5.04. The second kappa shape index (κ2) is 3.54. The standard InChI is InChI=1S/C9H8BrN3O2/c1-4(14)11-6-3-8-7(2-5(6)10)12-9(15)13-8/h2-3H,1H3,(H,11,14)(H2,12,13,15). The largest absolute Gasteiger partial charge is 0.325 e. The van der Waals surface area contributed by atoms with Crippen molar-refractivity contribution in [3.63, 3.8) is 0 Å². The maximum Gasteiger partial charge on any atom is 0.323 e. The number of aromatic nitrogens is 2. The summed E-state index contributed by atoms with van der Waals surface area (Å²) in [6.07, 6.45) is 0. The van der Waals surface area contributed by atoms with Crippen molar-refractivity contribution >= 4 is 38.6 Å². The van der Waals surface area contributed by atoms with Crippen LogP contribution in [0.2, 0.25) is 0 Å². The molecule has 15 heavy (non-hydrogen) atoms. The van der Waals surface area contributed by atoms with Crippen LogP contribution in [-0.2, 0) is 4.79 Å². The number of aromatic amines is 2. The molecule has 0 saturated carbocycles. The molecule has 5 nitrogen and oxygen atoms in total. The van der Waals surface area contributed by atoms with E-state index >= 15 is 0 Å². The summed E-state index contributed by atoms with van der Waals surface area (Å²) < 4.78 is 0.723. The van der Waals surface area contributed by atoms with Crippen molar-refractivity contribution < 1.29 is 4.79 Å². The Morgan fingerprint density at radius 3 is 2.53 bits per heavy atom. The molecular formula is C9H8BrN3O2. The molecule has 0 bridgehead atoms. The Morgan fingerprint density at radius 2 is 1.93 bits per heavy atom. The second-order valence-corrected chi connectivity index (χ2v) is 3.99. The lowest BCUT2D eigenvalue weighted by Gasteiger charge is -2.04. The van der Waals surface area contributed by atoms with Gasteiger partial charge >= 0.3 is 5.69 Å². The number of hydrogen-bond donors (Lipinski definition) is 3. The number of rotatable bonds is 1. The molecule has 3 N–H and O–H groups in total. The normalized spacial score (nSPS) is 10.5. The highest BCUT2D eigenvalue weighted by molar-refractivity contribution is 9.10. The van der Waals surface area contributed by atoms with Gasteiger partial charge in [-0.15, -0.1) is 0 Å². The minimum atomic E-state index is -0.267. The molecule has 1 aromatic carbocycles. The summed E-state index contributed by atoms with van der Waals surface area (Å²) in [6, 6.07) is 3.43. The number of hydrogen-bond acceptors (Lipinski definition) is 2. The van der Waals surface area contributed by atoms with E-state index in [1.54, 1.807) is 12.1 Å². The van der Waals surface area contributed by atoms with Gasteiger partial charge in [0.2, 0.25) is 5.91 Å². The second-order valence-electron chi connectivity index (χ2n) is 3.14. The van der Waals surface area contributed by atoms with Gasteiger partial charge in [-0.2, -0.15) is 0 Å². The topological polar surface area (TPSA) is 77.8 Å². The van der Waals surface area contributed by atoms with Crippen molar-refractivity contribution in [3.8, 4) is 0 Å². The fourth-order valence-corrected chi connectivity index (χ4v) is 1.78. The zero-order chi connectivity index (χ0) is 11.0. The Labute approximate surface area is 93.0 Å². The number of H-pyrrole nitrogens is 2. The number of benzene rings is 1. The van der Waals surface area contributed by atoms with E-state index in [-0.39, 0.29) is 11.6 Å². The lowest BCUT2D eigenvalue weighted by atomic mass is 10.3. The molecular weight excluding hydrogens is 262 g/mol. The monoisotopic (exact) mass is 269 g/mol. The van der Waals surface area contributed by atoms with Gasteiger partial charge in [-0.3, -0.25) is 4.79 Å². The van der Waals surface area contributed by atoms with E-state index in [0.717, 1.165) is 4.47 Å². The molecule has 0 fully saturated rings. The number of halogens is 1. The van der Waals surface area contributed by atoms with Gasteiger partial charge in [0.05, 0.1) is 16.7 Å². The van der Waals surface area contributed by atoms with Gasteiger partial charge < -0.3 is 15.3 Å². The summed E-state index contributed by atoms with van der Waals surface area (Å²) in [6.45, 7) is 1.43. The minimum Gasteiger partial charge on any atom is -0.325 e. The summed E-state index contributed by atoms with van der Waals surface area (Å²) >= 11 is 3.30. The molecule has 1 heterocycles. The van der Waals surface area contributed by atoms with E-state index < -0.39 is 0 Å². The molecule has 2 aromatic rings. The average Bonchev–Trinajstić information content (AvgIpc) is 2.44. The van der Waals surface area contributed by atoms with E-state index in [1.165, 1.54) is 6.92 Å². The third-order valence-corrected chi connectivity index (χ3v) is 2.57. The van der Waals surface area contributed by atoms with Crippen LogP contribution < -0.4 is 11.0 Å². The first-order valence-electron chi connectivity index (χ1n) is 4.25. The van der Waals surface area contributed by atoms with Crippen molar-refractivity contribution in [3.05, 3.63) is 27.1 Å². The van der Waals surface area contributed by atoms with E-state index in [0.29, 0.717) is 16.7 Å². The van der Waals surface area contributed by atoms with Crippen molar-refractivity contribution in [2.75, 3.05) is 5.32 Å². The molecule has 0 aliphatic rings. The summed E-state index contributed by atoms with van der Waals surface area (Å²) in [5.41, 5.74) is 1.72. The Hall–Kier alpha value is -1.56. The number of nitrogens with one attached hydrogen (secondary N) is 3. The molecule has 0 spiro atoms. The first kappa shape index (κ1) is 9.97. The van der Waals surface area contributed by atoms with Crippen LogP contribution in [0.25, 0.3) is 11.0 Å². The Kier molecular flexibility index (Phi) is 2.36. The molecule has 1 aromatic heterocycles. The van der Waals surface area contributed by atoms with E-state index in [9.17, 15) is 9.59 Å². The summed E-state index contributed by atoms with van der Waals surface area (Å²) in [5.74, 6) is -0.159. The number of fused-ring (bicyclic) bond motifs is 1. The summed E-state index contributed by atoms with van der Waals surface area (Å²) in [4.78, 5) is 27.2. The van der Waals surface area contributed by atoms with Crippen molar-refractivity contribution in [1.82, 2.24) is 9.97 Å². The van der Waals surface area contributed by atoms with E-state index in [2.05, 4.69) is 31.2 Å². The van der Waals surface area contributed by atoms with Crippen LogP contribution in [0.4, 0.5) is 5.69 Å². The SMILES string of the molecule is CC(=O)Nc1cc2[nH]c(=O)[nH]c2cc1Br. The van der Waals surface area contributed by atoms with Gasteiger partial charge in [0, 0.05) is 11.4 Å². The minimum absolute atomic E-state index is 0.159. The van der Waals surface area contributed by atoms with Gasteiger partial charge in [-0.25, -0.2) is 4.79 Å². The third kappa shape index (κ3) is 1.94. The fourth-order valence-electron chi connectivity index (χ4n) is 1.34. The molecule has 0 unspecified atom stereocenters. The molecule has 0 aliphatic heterocycles. The van der Waals surface area contributed by atoms with Crippen LogP contribution in [0.1, 0.15) is 6.92 Å². The highest BCUT2D eigenvalue weighted by Crippen LogP contribution is 2.26. The van der Waals surface area contributed by atoms with E-state index in [1.807, 2.05) is 0 Å². The quantitative estimate of drug-likeness (QED) is 0.735. The molecule has 6 heteroatoms. The fraction of sp³-hybridized carbons (Fsp3) is 0.111. The van der Waals surface area contributed by atoms with Crippen LogP contribution in [0, 0.1) is 0 Å². The molecule has 0 radical (unpaired) electrons. The molecule has 0 saturated heterocycles. The number of amides is 1. The maximum atomic E-state index is 11.0. The molecule has 78 valence electrons. The predicted molar refractivity (Wildman–Crippen MR) is 60.9 cm³/mol. The number of imidazole rings is 1. The van der Waals surface area contributed by atoms with Crippen LogP contribution in [0.15, 0.2) is 21.4 Å². The average molecular weight is 270 g/mol. The zero-order valence-electron chi connectivity index (χ0n) is 7.85. The lowest BCUT2D eigenvalue weighted by Crippen LogP contribution is -2.06. The highest BCUT2D eigenvalue weighted by Gasteiger charge is 2.06. The Balaban J connectivity index is 2.60. The maximum absolute atomic E-state index is 11.0. The number of anilines is 1. The molecule has 2 rings (SSSR count). The van der Waals surface area contributed by atoms with Gasteiger partial charge in [0.25, 0.3) is 0 Å². The Morgan fingerprint density at radius 1 is 1.33 bits per heavy atom. The predicted octanol–water partition coefficient (Wildman–Crippen LogP) is 1.58. The van der Waals surface area contributed by atoms with E-state index in [4.69, 9.17) is 0 Å². The number of carbonyl (C=O) groups is 1. The summed E-state index contributed by atoms with van der Waals surface area (Å²) in [7, 11) is 0. The van der Waals surface area contributed by atoms with Gasteiger partial charge in [0.1, 0.15) is 0 Å². The van der Waals surface area contributed by atoms with Gasteiger partial charge in [0.15, 0.2) is 0 Å². The van der Waals surface area contributed by atoms with Crippen molar-refractivity contribution in [2.45, 2.75) is 6.92 Å². The van der Waals surface area contributed by atoms with Gasteiger partial charge in [-0.05, 0) is 28.1 Å². The van der Waals surface area contributed by atoms with Crippen LogP contribution in [0.3, 0.4) is 0 Å². The molecule has 1 amide bonds. The molecule has 0 aliphatic carbocycles. The van der Waals surface area contributed by atoms with Gasteiger partial charge in [-0.1, -0.05) is 0 Å². The van der Waals surface area contributed by atoms with Crippen LogP contribution >= 0.6 is 15.9 Å². The van der Waals surface area contributed by atoms with Crippen molar-refractivity contribution in [2.24, 2.45) is 0 Å². The zero-order valence-corrected chi connectivity index (χ0v) is 9.44. The summed E-state index contributed by atoms with van der Waals surface area (Å²) in [5, 5.41) is 2.65. The Bertz CT molecular complexity index is 585. The third-order valence-electron chi connectivity index (χ3n) is 1.91. The van der Waals surface area contributed by atoms with Crippen LogP contribution in [-0.4, -0.2) is 15.9 Å². The lowest BCUT2D eigenvalue weighted by molar-refractivity contribution is -0.114. The first-order chi connectivity index (χ1) is 7.06. The highest BCUT2D eigenvalue weighted by atomic mass is 79.9. The smallest absolute Gasteiger partial charge is 0.323 e. The van der Waals surface area contributed by atoms with Crippen molar-refractivity contribution in [1.29, 1.82) is 0 Å².